The van der Waals surface area contributed by atoms with Crippen LogP contribution < -0.4 is 5.73 Å². The minimum Gasteiger partial charge on any atom is -0.412 e. The van der Waals surface area contributed by atoms with Crippen LogP contribution in [0, 0.1) is 22.7 Å². The van der Waals surface area contributed by atoms with E-state index < -0.39 is 16.6 Å². The third kappa shape index (κ3) is 12.0. The van der Waals surface area contributed by atoms with E-state index in [0.29, 0.717) is 36.7 Å². The lowest BCUT2D eigenvalue weighted by molar-refractivity contribution is 0.275. The van der Waals surface area contributed by atoms with Gasteiger partial charge in [-0.1, -0.05) is 59.7 Å². The number of aliphatic hydroxyl groups excluding tert-OH is 1. The van der Waals surface area contributed by atoms with Crippen molar-refractivity contribution in [2.75, 3.05) is 0 Å². The second kappa shape index (κ2) is 17.3. The van der Waals surface area contributed by atoms with Gasteiger partial charge >= 0.3 is 0 Å². The minimum absolute atomic E-state index is 0.128. The molecule has 0 amide bonds. The van der Waals surface area contributed by atoms with Gasteiger partial charge in [0.1, 0.15) is 23.5 Å². The Morgan fingerprint density at radius 1 is 0.705 bits per heavy atom. The molecule has 3 aromatic rings. The van der Waals surface area contributed by atoms with Crippen molar-refractivity contribution in [3.05, 3.63) is 88.8 Å². The Balaban J connectivity index is 0.000000342. The molecule has 0 bridgehead atoms. The first kappa shape index (κ1) is 38.7. The summed E-state index contributed by atoms with van der Waals surface area (Å²) >= 11 is 0. The molecule has 238 valence electrons. The Kier molecular flexibility index (Phi) is 15.2. The Hall–Kier alpha value is -3.30. The molecule has 0 unspecified atom stereocenters. The van der Waals surface area contributed by atoms with Crippen LogP contribution in [0.25, 0.3) is 0 Å². The molecule has 0 aliphatic carbocycles. The number of nitrogens with two attached hydrogens (primary N) is 1. The van der Waals surface area contributed by atoms with Crippen molar-refractivity contribution < 1.29 is 14.0 Å². The molecule has 3 heterocycles. The standard InChI is InChI=1S/C13H24N2OSi.C13H20N2OSi.C7H6N2O/c2*1-13(2,3)17(4,5)16-10-11-7-6-8-15-12(11)9-14;8-4-7-6(5-10)2-1-3-9-7/h6-8H,9-10,14H2,1-5H3;6-8H,10H2,1-5H3;1-3,10H,5H2. The zero-order valence-corrected chi connectivity index (χ0v) is 30.1. The Bertz CT molecular complexity index is 1400. The number of hydrogen-bond donors (Lipinski definition) is 2. The van der Waals surface area contributed by atoms with Gasteiger partial charge in [0.05, 0.1) is 25.5 Å². The summed E-state index contributed by atoms with van der Waals surface area (Å²) in [5.41, 5.74) is 9.93. The molecule has 44 heavy (non-hydrogen) atoms. The van der Waals surface area contributed by atoms with Gasteiger partial charge in [-0.3, -0.25) is 4.98 Å². The zero-order chi connectivity index (χ0) is 33.6. The maximum atomic E-state index is 8.95. The smallest absolute Gasteiger partial charge is 0.192 e. The number of hydrogen-bond acceptors (Lipinski definition) is 9. The Morgan fingerprint density at radius 3 is 1.48 bits per heavy atom. The number of aromatic nitrogens is 3. The van der Waals surface area contributed by atoms with E-state index in [1.165, 1.54) is 6.20 Å². The van der Waals surface area contributed by atoms with Crippen molar-refractivity contribution in [1.82, 2.24) is 15.0 Å². The van der Waals surface area contributed by atoms with E-state index >= 15 is 0 Å². The molecule has 9 nitrogen and oxygen atoms in total. The fraction of sp³-hybridized carbons (Fsp3) is 0.485. The van der Waals surface area contributed by atoms with Gasteiger partial charge in [-0.05, 0) is 60.0 Å². The lowest BCUT2D eigenvalue weighted by atomic mass is 10.2. The highest BCUT2D eigenvalue weighted by molar-refractivity contribution is 6.74. The predicted molar refractivity (Wildman–Crippen MR) is 180 cm³/mol. The summed E-state index contributed by atoms with van der Waals surface area (Å²) in [6.07, 6.45) is 4.93. The van der Waals surface area contributed by atoms with E-state index in [0.717, 1.165) is 16.8 Å². The first-order valence-corrected chi connectivity index (χ1v) is 20.4. The van der Waals surface area contributed by atoms with Gasteiger partial charge in [0.25, 0.3) is 0 Å². The molecule has 0 saturated carbocycles. The van der Waals surface area contributed by atoms with E-state index in [4.69, 9.17) is 30.2 Å². The summed E-state index contributed by atoms with van der Waals surface area (Å²) in [7, 11) is -3.45. The summed E-state index contributed by atoms with van der Waals surface area (Å²) in [5, 5.41) is 26.5. The third-order valence-corrected chi connectivity index (χ3v) is 17.1. The SMILES string of the molecule is CC(C)(C)[Si](C)(C)OCc1cccnc1C#N.CC(C)(C)[Si](C)(C)OCc1cccnc1CN.N#Cc1ncccc1CO. The average Bonchev–Trinajstić information content (AvgIpc) is 2.98. The number of nitriles is 2. The summed E-state index contributed by atoms with van der Waals surface area (Å²) in [6, 6.07) is 15.0. The highest BCUT2D eigenvalue weighted by Crippen LogP contribution is 2.38. The maximum Gasteiger partial charge on any atom is 0.192 e. The second-order valence-corrected chi connectivity index (χ2v) is 22.9. The van der Waals surface area contributed by atoms with Crippen LogP contribution in [0.1, 0.15) is 75.3 Å². The van der Waals surface area contributed by atoms with Crippen molar-refractivity contribution in [1.29, 1.82) is 10.5 Å². The molecule has 11 heteroatoms. The van der Waals surface area contributed by atoms with Crippen LogP contribution in [-0.2, 0) is 35.2 Å². The number of rotatable bonds is 8. The van der Waals surface area contributed by atoms with Gasteiger partial charge in [-0.2, -0.15) is 10.5 Å². The fourth-order valence-electron chi connectivity index (χ4n) is 3.06. The largest absolute Gasteiger partial charge is 0.412 e. The van der Waals surface area contributed by atoms with Crippen molar-refractivity contribution in [2.24, 2.45) is 5.73 Å². The molecule has 0 aliphatic heterocycles. The van der Waals surface area contributed by atoms with Crippen LogP contribution in [0.2, 0.25) is 36.3 Å². The molecular weight excluding hydrogens is 585 g/mol. The molecule has 3 rings (SSSR count). The fourth-order valence-corrected chi connectivity index (χ4v) is 4.96. The van der Waals surface area contributed by atoms with Crippen molar-refractivity contribution >= 4 is 16.6 Å². The quantitative estimate of drug-likeness (QED) is 0.250. The first-order valence-electron chi connectivity index (χ1n) is 14.6. The molecule has 0 saturated heterocycles. The number of aliphatic hydroxyl groups is 1. The lowest BCUT2D eigenvalue weighted by Crippen LogP contribution is -2.40. The summed E-state index contributed by atoms with van der Waals surface area (Å²) in [5.74, 6) is 0. The predicted octanol–water partition coefficient (Wildman–Crippen LogP) is 6.98. The number of pyridine rings is 3. The molecule has 3 N–H and O–H groups in total. The van der Waals surface area contributed by atoms with Crippen LogP contribution >= 0.6 is 0 Å². The zero-order valence-electron chi connectivity index (χ0n) is 28.1. The van der Waals surface area contributed by atoms with E-state index in [-0.39, 0.29) is 16.7 Å². The molecule has 0 radical (unpaired) electrons. The molecule has 3 aromatic heterocycles. The van der Waals surface area contributed by atoms with E-state index in [2.05, 4.69) is 88.8 Å². The summed E-state index contributed by atoms with van der Waals surface area (Å²) in [6.45, 7) is 23.7. The third-order valence-electron chi connectivity index (χ3n) is 8.13. The van der Waals surface area contributed by atoms with E-state index in [1.54, 1.807) is 24.5 Å². The van der Waals surface area contributed by atoms with Gasteiger partial charge in [0.2, 0.25) is 0 Å². The molecule has 0 spiro atoms. The number of nitrogens with zero attached hydrogens (tertiary/aromatic N) is 5. The van der Waals surface area contributed by atoms with E-state index in [1.807, 2.05) is 30.3 Å². The van der Waals surface area contributed by atoms with Crippen LogP contribution in [0.4, 0.5) is 0 Å². The van der Waals surface area contributed by atoms with Gasteiger partial charge in [-0.25, -0.2) is 9.97 Å². The van der Waals surface area contributed by atoms with Gasteiger partial charge in [0, 0.05) is 36.3 Å². The molecular formula is C33H50N6O3Si2. The molecule has 0 aromatic carbocycles. The second-order valence-electron chi connectivity index (χ2n) is 13.3. The molecule has 0 atom stereocenters. The highest BCUT2D eigenvalue weighted by atomic mass is 28.4. The van der Waals surface area contributed by atoms with Crippen molar-refractivity contribution in [3.63, 3.8) is 0 Å². The molecule has 0 aliphatic rings. The maximum absolute atomic E-state index is 8.95. The Labute approximate surface area is 266 Å². The van der Waals surface area contributed by atoms with Crippen LogP contribution in [0.3, 0.4) is 0 Å². The van der Waals surface area contributed by atoms with Crippen molar-refractivity contribution in [2.45, 2.75) is 104 Å². The normalized spacial score (nSPS) is 11.7. The topological polar surface area (TPSA) is 151 Å². The van der Waals surface area contributed by atoms with Gasteiger partial charge in [0.15, 0.2) is 16.6 Å². The monoisotopic (exact) mass is 634 g/mol. The van der Waals surface area contributed by atoms with Crippen LogP contribution in [0.15, 0.2) is 55.0 Å². The van der Waals surface area contributed by atoms with Gasteiger partial charge in [-0.15, -0.1) is 0 Å². The van der Waals surface area contributed by atoms with Crippen LogP contribution in [-0.4, -0.2) is 36.7 Å². The summed E-state index contributed by atoms with van der Waals surface area (Å²) < 4.78 is 12.2. The van der Waals surface area contributed by atoms with Crippen LogP contribution in [0.5, 0.6) is 0 Å². The van der Waals surface area contributed by atoms with Crippen molar-refractivity contribution in [3.8, 4) is 12.1 Å². The average molecular weight is 635 g/mol. The Morgan fingerprint density at radius 2 is 1.09 bits per heavy atom. The summed E-state index contributed by atoms with van der Waals surface area (Å²) in [4.78, 5) is 12.1. The van der Waals surface area contributed by atoms with Gasteiger partial charge < -0.3 is 19.7 Å². The highest BCUT2D eigenvalue weighted by Gasteiger charge is 2.38. The minimum atomic E-state index is -1.76. The first-order chi connectivity index (χ1) is 20.4. The molecule has 0 fully saturated rings. The van der Waals surface area contributed by atoms with E-state index in [9.17, 15) is 0 Å². The lowest BCUT2D eigenvalue weighted by Gasteiger charge is -2.36.